The Kier molecular flexibility index (Phi) is 8.07. The predicted octanol–water partition coefficient (Wildman–Crippen LogP) is 1.72. The van der Waals surface area contributed by atoms with Crippen molar-refractivity contribution in [3.05, 3.63) is 54.1 Å². The van der Waals surface area contributed by atoms with Gasteiger partial charge in [0.1, 0.15) is 13.2 Å². The number of nitrogens with zero attached hydrogens (tertiary/aromatic N) is 1. The molecule has 1 aliphatic heterocycles. The van der Waals surface area contributed by atoms with Crippen LogP contribution in [0.15, 0.2) is 53.4 Å². The lowest BCUT2D eigenvalue weighted by atomic mass is 10.2. The Balaban J connectivity index is 1.37. The molecule has 9 nitrogen and oxygen atoms in total. The van der Waals surface area contributed by atoms with Crippen molar-refractivity contribution in [2.75, 3.05) is 33.4 Å². The minimum absolute atomic E-state index is 0.0145. The summed E-state index contributed by atoms with van der Waals surface area (Å²) in [6, 6.07) is 13.9. The molecule has 0 saturated heterocycles. The standard InChI is InChI=1S/C22H26N2O7S/c1-24(15-17-6-3-2-4-7-17)21(25)16-31-22(26)8-5-11-23-32(27,28)18-9-10-19-20(14-18)30-13-12-29-19/h2-4,6-7,9-10,14,23H,5,8,11-13,15-16H2,1H3. The number of likely N-dealkylation sites (N-methyl/N-ethyl adjacent to an activating group) is 1. The van der Waals surface area contributed by atoms with Crippen LogP contribution in [-0.2, 0) is 30.9 Å². The Bertz CT molecular complexity index is 1040. The normalized spacial score (nSPS) is 12.8. The lowest BCUT2D eigenvalue weighted by Crippen LogP contribution is -2.31. The summed E-state index contributed by atoms with van der Waals surface area (Å²) >= 11 is 0. The third kappa shape index (κ3) is 6.69. The van der Waals surface area contributed by atoms with Gasteiger partial charge in [0.15, 0.2) is 18.1 Å². The zero-order valence-electron chi connectivity index (χ0n) is 17.8. The SMILES string of the molecule is CN(Cc1ccccc1)C(=O)COC(=O)CCCNS(=O)(=O)c1ccc2c(c1)OCCO2. The van der Waals surface area contributed by atoms with Crippen molar-refractivity contribution >= 4 is 21.9 Å². The quantitative estimate of drug-likeness (QED) is 0.423. The molecule has 0 spiro atoms. The molecular formula is C22H26N2O7S. The van der Waals surface area contributed by atoms with E-state index in [-0.39, 0.29) is 36.8 Å². The lowest BCUT2D eigenvalue weighted by molar-refractivity contribution is -0.151. The number of esters is 1. The van der Waals surface area contributed by atoms with Crippen LogP contribution in [0.3, 0.4) is 0 Å². The molecule has 1 aliphatic rings. The van der Waals surface area contributed by atoms with E-state index in [0.717, 1.165) is 5.56 Å². The van der Waals surface area contributed by atoms with E-state index in [1.54, 1.807) is 13.1 Å². The first-order valence-electron chi connectivity index (χ1n) is 10.2. The molecule has 0 aliphatic carbocycles. The smallest absolute Gasteiger partial charge is 0.306 e. The number of rotatable bonds is 10. The van der Waals surface area contributed by atoms with Gasteiger partial charge in [0.25, 0.3) is 5.91 Å². The summed E-state index contributed by atoms with van der Waals surface area (Å²) in [6.45, 7) is 0.886. The first-order valence-corrected chi connectivity index (χ1v) is 11.7. The second kappa shape index (κ2) is 11.0. The molecule has 3 rings (SSSR count). The minimum atomic E-state index is -3.76. The van der Waals surface area contributed by atoms with Crippen molar-refractivity contribution in [3.8, 4) is 11.5 Å². The monoisotopic (exact) mass is 462 g/mol. The fourth-order valence-electron chi connectivity index (χ4n) is 2.98. The van der Waals surface area contributed by atoms with Gasteiger partial charge in [-0.3, -0.25) is 9.59 Å². The highest BCUT2D eigenvalue weighted by Gasteiger charge is 2.19. The number of hydrogen-bond donors (Lipinski definition) is 1. The van der Waals surface area contributed by atoms with E-state index in [1.165, 1.54) is 17.0 Å². The number of carbonyl (C=O) groups is 2. The number of nitrogens with one attached hydrogen (secondary N) is 1. The average Bonchev–Trinajstić information content (AvgIpc) is 2.80. The van der Waals surface area contributed by atoms with Crippen LogP contribution >= 0.6 is 0 Å². The summed E-state index contributed by atoms with van der Waals surface area (Å²) in [7, 11) is -2.12. The van der Waals surface area contributed by atoms with Gasteiger partial charge in [0, 0.05) is 32.6 Å². The van der Waals surface area contributed by atoms with Crippen molar-refractivity contribution in [1.82, 2.24) is 9.62 Å². The molecule has 32 heavy (non-hydrogen) atoms. The molecule has 0 fully saturated rings. The zero-order chi connectivity index (χ0) is 23.0. The molecule has 0 radical (unpaired) electrons. The molecule has 0 saturated carbocycles. The predicted molar refractivity (Wildman–Crippen MR) is 116 cm³/mol. The number of benzene rings is 2. The number of ether oxygens (including phenoxy) is 3. The van der Waals surface area contributed by atoms with Crippen LogP contribution in [0.1, 0.15) is 18.4 Å². The highest BCUT2D eigenvalue weighted by atomic mass is 32.2. The molecule has 0 aromatic heterocycles. The Labute approximate surface area is 187 Å². The van der Waals surface area contributed by atoms with Crippen molar-refractivity contribution < 1.29 is 32.2 Å². The average molecular weight is 463 g/mol. The van der Waals surface area contributed by atoms with Crippen LogP contribution in [0.25, 0.3) is 0 Å². The summed E-state index contributed by atoms with van der Waals surface area (Å²) in [5.74, 6) is -0.00184. The molecule has 1 amide bonds. The molecule has 0 unspecified atom stereocenters. The molecule has 172 valence electrons. The molecule has 1 heterocycles. The Morgan fingerprint density at radius 2 is 1.78 bits per heavy atom. The summed E-state index contributed by atoms with van der Waals surface area (Å²) < 4.78 is 43.1. The van der Waals surface area contributed by atoms with Crippen molar-refractivity contribution in [2.24, 2.45) is 0 Å². The zero-order valence-corrected chi connectivity index (χ0v) is 18.6. The fourth-order valence-corrected chi connectivity index (χ4v) is 4.07. The van der Waals surface area contributed by atoms with Crippen LogP contribution in [0.2, 0.25) is 0 Å². The highest BCUT2D eigenvalue weighted by molar-refractivity contribution is 7.89. The van der Waals surface area contributed by atoms with E-state index >= 15 is 0 Å². The summed E-state index contributed by atoms with van der Waals surface area (Å²) in [6.07, 6.45) is 0.218. The van der Waals surface area contributed by atoms with E-state index in [2.05, 4.69) is 4.72 Å². The maximum absolute atomic E-state index is 12.4. The van der Waals surface area contributed by atoms with E-state index in [4.69, 9.17) is 14.2 Å². The van der Waals surface area contributed by atoms with Gasteiger partial charge in [-0.1, -0.05) is 30.3 Å². The molecule has 10 heteroatoms. The van der Waals surface area contributed by atoms with Crippen molar-refractivity contribution in [3.63, 3.8) is 0 Å². The van der Waals surface area contributed by atoms with E-state index in [9.17, 15) is 18.0 Å². The minimum Gasteiger partial charge on any atom is -0.486 e. The van der Waals surface area contributed by atoms with Gasteiger partial charge < -0.3 is 19.1 Å². The molecule has 0 bridgehead atoms. The van der Waals surface area contributed by atoms with Gasteiger partial charge in [0.2, 0.25) is 10.0 Å². The van der Waals surface area contributed by atoms with Gasteiger partial charge in [0.05, 0.1) is 4.90 Å². The molecule has 2 aromatic carbocycles. The Hall–Kier alpha value is -3.11. The number of carbonyl (C=O) groups excluding carboxylic acids is 2. The van der Waals surface area contributed by atoms with E-state index in [0.29, 0.717) is 31.3 Å². The first-order chi connectivity index (χ1) is 15.3. The topological polar surface area (TPSA) is 111 Å². The highest BCUT2D eigenvalue weighted by Crippen LogP contribution is 2.32. The first kappa shape index (κ1) is 23.6. The number of sulfonamides is 1. The third-order valence-corrected chi connectivity index (χ3v) is 6.18. The molecule has 2 aromatic rings. The lowest BCUT2D eigenvalue weighted by Gasteiger charge is -2.19. The third-order valence-electron chi connectivity index (χ3n) is 4.72. The maximum Gasteiger partial charge on any atom is 0.306 e. The Morgan fingerprint density at radius 1 is 1.06 bits per heavy atom. The summed E-state index contributed by atoms with van der Waals surface area (Å²) in [4.78, 5) is 25.5. The number of fused-ring (bicyclic) bond motifs is 1. The Morgan fingerprint density at radius 3 is 2.53 bits per heavy atom. The van der Waals surface area contributed by atoms with Gasteiger partial charge in [-0.05, 0) is 24.1 Å². The van der Waals surface area contributed by atoms with E-state index < -0.39 is 16.0 Å². The van der Waals surface area contributed by atoms with Crippen molar-refractivity contribution in [1.29, 1.82) is 0 Å². The second-order valence-electron chi connectivity index (χ2n) is 7.20. The van der Waals surface area contributed by atoms with Crippen LogP contribution in [0.5, 0.6) is 11.5 Å². The van der Waals surface area contributed by atoms with Gasteiger partial charge in [-0.2, -0.15) is 0 Å². The molecule has 1 N–H and O–H groups in total. The van der Waals surface area contributed by atoms with E-state index in [1.807, 2.05) is 30.3 Å². The molecule has 0 atom stereocenters. The van der Waals surface area contributed by atoms with Gasteiger partial charge in [-0.25, -0.2) is 13.1 Å². The summed E-state index contributed by atoms with van der Waals surface area (Å²) in [5.41, 5.74) is 0.972. The number of hydrogen-bond acceptors (Lipinski definition) is 7. The van der Waals surface area contributed by atoms with Crippen LogP contribution in [-0.4, -0.2) is 58.6 Å². The van der Waals surface area contributed by atoms with Crippen molar-refractivity contribution in [2.45, 2.75) is 24.3 Å². The van der Waals surface area contributed by atoms with Gasteiger partial charge >= 0.3 is 5.97 Å². The largest absolute Gasteiger partial charge is 0.486 e. The fraction of sp³-hybridized carbons (Fsp3) is 0.364. The van der Waals surface area contributed by atoms with Gasteiger partial charge in [-0.15, -0.1) is 0 Å². The number of amides is 1. The summed E-state index contributed by atoms with van der Waals surface area (Å²) in [5, 5.41) is 0. The molecular weight excluding hydrogens is 436 g/mol. The maximum atomic E-state index is 12.4. The van der Waals surface area contributed by atoms with Crippen LogP contribution in [0, 0.1) is 0 Å². The second-order valence-corrected chi connectivity index (χ2v) is 8.97. The van der Waals surface area contributed by atoms with Crippen LogP contribution < -0.4 is 14.2 Å². The van der Waals surface area contributed by atoms with Crippen LogP contribution in [0.4, 0.5) is 0 Å².